The third-order valence-electron chi connectivity index (χ3n) is 7.30. The molecule has 0 aromatic heterocycles. The molecule has 1 saturated carbocycles. The van der Waals surface area contributed by atoms with Gasteiger partial charge in [-0.1, -0.05) is 38.3 Å². The molecule has 2 saturated heterocycles. The lowest BCUT2D eigenvalue weighted by Gasteiger charge is -2.26. The molecular formula is C25H39NO4. The van der Waals surface area contributed by atoms with Gasteiger partial charge in [0.25, 0.3) is 0 Å². The monoisotopic (exact) mass is 417 g/mol. The van der Waals surface area contributed by atoms with E-state index in [0.29, 0.717) is 36.2 Å². The molecule has 30 heavy (non-hydrogen) atoms. The SMILES string of the molecule is CC(C=NCC[C@@H]1[C@H](CC=CCCCC(=O)O)[C@@H]2CC[C@H]1O2)C(=O)C1CCCCC1. The highest BCUT2D eigenvalue weighted by atomic mass is 16.5. The number of nitrogens with zero attached hydrogens (tertiary/aromatic N) is 1. The predicted octanol–water partition coefficient (Wildman–Crippen LogP) is 5.23. The highest BCUT2D eigenvalue weighted by Crippen LogP contribution is 2.46. The molecule has 0 aromatic rings. The molecule has 1 unspecified atom stereocenters. The van der Waals surface area contributed by atoms with Crippen LogP contribution in [0.1, 0.15) is 84.0 Å². The summed E-state index contributed by atoms with van der Waals surface area (Å²) in [5.41, 5.74) is 0. The van der Waals surface area contributed by atoms with Gasteiger partial charge in [-0.05, 0) is 63.2 Å². The van der Waals surface area contributed by atoms with Crippen LogP contribution in [0.25, 0.3) is 0 Å². The van der Waals surface area contributed by atoms with Crippen LogP contribution in [-0.4, -0.2) is 41.8 Å². The zero-order chi connectivity index (χ0) is 21.3. The lowest BCUT2D eigenvalue weighted by Crippen LogP contribution is -2.27. The van der Waals surface area contributed by atoms with E-state index in [1.54, 1.807) is 0 Å². The highest BCUT2D eigenvalue weighted by molar-refractivity contribution is 5.95. The van der Waals surface area contributed by atoms with Gasteiger partial charge < -0.3 is 9.84 Å². The Morgan fingerprint density at radius 2 is 1.80 bits per heavy atom. The summed E-state index contributed by atoms with van der Waals surface area (Å²) in [6.45, 7) is 2.78. The van der Waals surface area contributed by atoms with Gasteiger partial charge in [0.1, 0.15) is 5.78 Å². The van der Waals surface area contributed by atoms with E-state index in [1.165, 1.54) is 19.3 Å². The molecule has 0 amide bonds. The van der Waals surface area contributed by atoms with Gasteiger partial charge in [-0.2, -0.15) is 0 Å². The number of hydrogen-bond acceptors (Lipinski definition) is 4. The van der Waals surface area contributed by atoms with Crippen LogP contribution in [0.2, 0.25) is 0 Å². The number of carboxylic acid groups (broad SMARTS) is 1. The van der Waals surface area contributed by atoms with Crippen LogP contribution >= 0.6 is 0 Å². The molecule has 3 aliphatic rings. The maximum atomic E-state index is 12.6. The molecule has 5 heteroatoms. The largest absolute Gasteiger partial charge is 0.481 e. The molecule has 3 fully saturated rings. The lowest BCUT2D eigenvalue weighted by molar-refractivity contribution is -0.137. The van der Waals surface area contributed by atoms with Crippen molar-refractivity contribution in [3.05, 3.63) is 12.2 Å². The molecule has 2 aliphatic heterocycles. The van der Waals surface area contributed by atoms with Crippen LogP contribution in [0.3, 0.4) is 0 Å². The summed E-state index contributed by atoms with van der Waals surface area (Å²) in [5, 5.41) is 8.71. The van der Waals surface area contributed by atoms with Crippen molar-refractivity contribution in [3.8, 4) is 0 Å². The van der Waals surface area contributed by atoms with Gasteiger partial charge in [0.15, 0.2) is 0 Å². The van der Waals surface area contributed by atoms with Crippen LogP contribution in [0.15, 0.2) is 17.1 Å². The molecule has 5 atom stereocenters. The predicted molar refractivity (Wildman–Crippen MR) is 119 cm³/mol. The number of allylic oxidation sites excluding steroid dienone is 2. The van der Waals surface area contributed by atoms with E-state index in [2.05, 4.69) is 17.1 Å². The average molecular weight is 418 g/mol. The fraction of sp³-hybridized carbons (Fsp3) is 0.800. The molecule has 0 spiro atoms. The third-order valence-corrected chi connectivity index (χ3v) is 7.30. The number of rotatable bonds is 12. The summed E-state index contributed by atoms with van der Waals surface area (Å²) < 4.78 is 6.19. The number of carbonyl (C=O) groups is 2. The van der Waals surface area contributed by atoms with E-state index in [0.717, 1.165) is 51.5 Å². The molecule has 1 N–H and O–H groups in total. The molecule has 5 nitrogen and oxygen atoms in total. The Labute approximate surface area is 181 Å². The summed E-state index contributed by atoms with van der Waals surface area (Å²) in [6, 6.07) is 0. The van der Waals surface area contributed by atoms with Crippen LogP contribution in [0, 0.1) is 23.7 Å². The number of carbonyl (C=O) groups excluding carboxylic acids is 1. The normalized spacial score (nSPS) is 30.4. The Balaban J connectivity index is 1.40. The molecule has 0 aromatic carbocycles. The van der Waals surface area contributed by atoms with Crippen LogP contribution < -0.4 is 0 Å². The number of carboxylic acids is 1. The first-order valence-corrected chi connectivity index (χ1v) is 12.1. The Morgan fingerprint density at radius 3 is 2.53 bits per heavy atom. The van der Waals surface area contributed by atoms with E-state index in [1.807, 2.05) is 13.1 Å². The second-order valence-corrected chi connectivity index (χ2v) is 9.48. The smallest absolute Gasteiger partial charge is 0.303 e. The van der Waals surface area contributed by atoms with E-state index < -0.39 is 5.97 Å². The molecule has 2 bridgehead atoms. The number of fused-ring (bicyclic) bond motifs is 2. The Kier molecular flexibility index (Phi) is 9.10. The van der Waals surface area contributed by atoms with Gasteiger partial charge in [0.2, 0.25) is 0 Å². The van der Waals surface area contributed by atoms with E-state index >= 15 is 0 Å². The Bertz CT molecular complexity index is 623. The summed E-state index contributed by atoms with van der Waals surface area (Å²) in [7, 11) is 0. The number of aliphatic imine (C=N–C) groups is 1. The number of Topliss-reactive ketones (excluding diaryl/α,β-unsaturated/α-hetero) is 1. The van der Waals surface area contributed by atoms with E-state index in [-0.39, 0.29) is 18.3 Å². The molecular weight excluding hydrogens is 378 g/mol. The first-order valence-electron chi connectivity index (χ1n) is 12.1. The summed E-state index contributed by atoms with van der Waals surface area (Å²) >= 11 is 0. The summed E-state index contributed by atoms with van der Waals surface area (Å²) in [5.74, 6) is 0.956. The van der Waals surface area contributed by atoms with Crippen LogP contribution in [-0.2, 0) is 14.3 Å². The van der Waals surface area contributed by atoms with Crippen LogP contribution in [0.4, 0.5) is 0 Å². The minimum absolute atomic E-state index is 0.0612. The second kappa shape index (κ2) is 11.8. The number of ketones is 1. The van der Waals surface area contributed by atoms with Crippen molar-refractivity contribution >= 4 is 18.0 Å². The van der Waals surface area contributed by atoms with E-state index in [9.17, 15) is 9.59 Å². The third kappa shape index (κ3) is 6.50. The van der Waals surface area contributed by atoms with Crippen molar-refractivity contribution in [2.24, 2.45) is 28.7 Å². The van der Waals surface area contributed by atoms with Crippen LogP contribution in [0.5, 0.6) is 0 Å². The fourth-order valence-electron chi connectivity index (χ4n) is 5.63. The molecule has 0 radical (unpaired) electrons. The average Bonchev–Trinajstić information content (AvgIpc) is 3.35. The van der Waals surface area contributed by atoms with Gasteiger partial charge in [-0.15, -0.1) is 0 Å². The lowest BCUT2D eigenvalue weighted by atomic mass is 9.76. The van der Waals surface area contributed by atoms with Crippen molar-refractivity contribution in [1.29, 1.82) is 0 Å². The highest BCUT2D eigenvalue weighted by Gasteiger charge is 2.47. The molecule has 168 valence electrons. The van der Waals surface area contributed by atoms with Gasteiger partial charge in [-0.3, -0.25) is 14.6 Å². The topological polar surface area (TPSA) is 76.0 Å². The molecule has 1 aliphatic carbocycles. The molecule has 2 heterocycles. The van der Waals surface area contributed by atoms with Gasteiger partial charge in [0, 0.05) is 25.1 Å². The minimum Gasteiger partial charge on any atom is -0.481 e. The van der Waals surface area contributed by atoms with Crippen molar-refractivity contribution in [3.63, 3.8) is 0 Å². The fourth-order valence-corrected chi connectivity index (χ4v) is 5.63. The van der Waals surface area contributed by atoms with Gasteiger partial charge in [-0.25, -0.2) is 0 Å². The zero-order valence-electron chi connectivity index (χ0n) is 18.5. The minimum atomic E-state index is -0.722. The number of hydrogen-bond donors (Lipinski definition) is 1. The first-order chi connectivity index (χ1) is 14.6. The van der Waals surface area contributed by atoms with Crippen molar-refractivity contribution in [2.45, 2.75) is 96.2 Å². The first kappa shape index (κ1) is 23.2. The number of unbranched alkanes of at least 4 members (excludes halogenated alkanes) is 1. The zero-order valence-corrected chi connectivity index (χ0v) is 18.5. The van der Waals surface area contributed by atoms with Crippen molar-refractivity contribution in [2.75, 3.05) is 6.54 Å². The van der Waals surface area contributed by atoms with Crippen molar-refractivity contribution < 1.29 is 19.4 Å². The number of aliphatic carboxylic acids is 1. The van der Waals surface area contributed by atoms with E-state index in [4.69, 9.17) is 9.84 Å². The van der Waals surface area contributed by atoms with Crippen molar-refractivity contribution in [1.82, 2.24) is 0 Å². The standard InChI is InChI=1S/C25H39NO4/c1-18(25(29)19-9-5-4-6-10-19)17-26-16-15-21-20(22-13-14-23(21)30-22)11-7-2-3-8-12-24(27)28/h2,7,17-23H,3-6,8-16H2,1H3,(H,27,28)/t18?,20-,21+,22-,23+/m0/s1. The van der Waals surface area contributed by atoms with Gasteiger partial charge in [0.05, 0.1) is 18.1 Å². The maximum absolute atomic E-state index is 12.6. The Morgan fingerprint density at radius 1 is 1.07 bits per heavy atom. The maximum Gasteiger partial charge on any atom is 0.303 e. The molecule has 3 rings (SSSR count). The quantitative estimate of drug-likeness (QED) is 0.268. The summed E-state index contributed by atoms with van der Waals surface area (Å²) in [4.78, 5) is 27.8. The second-order valence-electron chi connectivity index (χ2n) is 9.48. The van der Waals surface area contributed by atoms with Gasteiger partial charge >= 0.3 is 5.97 Å². The summed E-state index contributed by atoms with van der Waals surface area (Å²) in [6.07, 6.45) is 18.9. The Hall–Kier alpha value is -1.49. The number of ether oxygens (including phenoxy) is 1.